The number of carbonyl (C=O) groups excluding carboxylic acids is 1. The van der Waals surface area contributed by atoms with E-state index in [9.17, 15) is 4.79 Å². The van der Waals surface area contributed by atoms with Crippen LogP contribution in [0.5, 0.6) is 5.75 Å². The van der Waals surface area contributed by atoms with Crippen molar-refractivity contribution < 1.29 is 18.8 Å². The van der Waals surface area contributed by atoms with E-state index in [-0.39, 0.29) is 12.6 Å². The third-order valence-corrected chi connectivity index (χ3v) is 5.89. The zero-order chi connectivity index (χ0) is 23.8. The van der Waals surface area contributed by atoms with Gasteiger partial charge in [0.15, 0.2) is 6.54 Å². The van der Waals surface area contributed by atoms with Gasteiger partial charge < -0.3 is 14.0 Å². The average molecular weight is 455 g/mol. The van der Waals surface area contributed by atoms with Gasteiger partial charge in [0.25, 0.3) is 0 Å². The molecule has 2 aromatic carbocycles. The highest BCUT2D eigenvalue weighted by Gasteiger charge is 2.21. The minimum Gasteiger partial charge on any atom is -0.490 e. The minimum absolute atomic E-state index is 0.188. The Hall–Kier alpha value is -2.33. The topological polar surface area (TPSA) is 35.5 Å². The number of benzene rings is 2. The number of likely N-dealkylation sites (N-methyl/N-ethyl adjacent to an activating group) is 1. The SMILES string of the molecule is CCCCCCCCCCc1ccccc1OCCOC(=O)C[N+](C)(C)Cc1ccccc1. The first kappa shape index (κ1) is 26.9. The fraction of sp³-hybridized carbons (Fsp3) is 0.552. The van der Waals surface area contributed by atoms with Gasteiger partial charge in [-0.25, -0.2) is 4.79 Å². The van der Waals surface area contributed by atoms with Crippen molar-refractivity contribution in [3.05, 3.63) is 65.7 Å². The van der Waals surface area contributed by atoms with E-state index in [0.29, 0.717) is 17.6 Å². The molecule has 0 N–H and O–H groups in total. The molecule has 0 unspecified atom stereocenters. The third kappa shape index (κ3) is 11.9. The normalized spacial score (nSPS) is 11.4. The molecule has 0 heterocycles. The maximum Gasteiger partial charge on any atom is 0.361 e. The fourth-order valence-corrected chi connectivity index (χ4v) is 4.14. The number of rotatable bonds is 17. The second-order valence-corrected chi connectivity index (χ2v) is 9.64. The van der Waals surface area contributed by atoms with Crippen LogP contribution in [-0.2, 0) is 22.5 Å². The predicted octanol–water partition coefficient (Wildman–Crippen LogP) is 6.57. The molecule has 2 aromatic rings. The van der Waals surface area contributed by atoms with Crippen molar-refractivity contribution in [1.82, 2.24) is 0 Å². The number of hydrogen-bond donors (Lipinski definition) is 0. The van der Waals surface area contributed by atoms with Crippen molar-refractivity contribution in [2.75, 3.05) is 33.9 Å². The van der Waals surface area contributed by atoms with E-state index in [4.69, 9.17) is 9.47 Å². The van der Waals surface area contributed by atoms with E-state index < -0.39 is 0 Å². The van der Waals surface area contributed by atoms with Gasteiger partial charge in [0, 0.05) is 5.56 Å². The highest BCUT2D eigenvalue weighted by atomic mass is 16.6. The second kappa shape index (κ2) is 15.5. The van der Waals surface area contributed by atoms with E-state index in [0.717, 1.165) is 18.7 Å². The minimum atomic E-state index is -0.188. The highest BCUT2D eigenvalue weighted by Crippen LogP contribution is 2.21. The van der Waals surface area contributed by atoms with Crippen molar-refractivity contribution in [1.29, 1.82) is 0 Å². The molecular formula is C29H44NO3+. The van der Waals surface area contributed by atoms with Gasteiger partial charge >= 0.3 is 5.97 Å². The monoisotopic (exact) mass is 454 g/mol. The Morgan fingerprint density at radius 3 is 2.15 bits per heavy atom. The predicted molar refractivity (Wildman–Crippen MR) is 136 cm³/mol. The Morgan fingerprint density at radius 1 is 0.788 bits per heavy atom. The van der Waals surface area contributed by atoms with Crippen LogP contribution >= 0.6 is 0 Å². The van der Waals surface area contributed by atoms with Crippen molar-refractivity contribution in [2.45, 2.75) is 71.3 Å². The summed E-state index contributed by atoms with van der Waals surface area (Å²) in [6, 6.07) is 18.5. The summed E-state index contributed by atoms with van der Waals surface area (Å²) in [5, 5.41) is 0. The molecule has 0 aliphatic heterocycles. The number of unbranched alkanes of at least 4 members (excludes halogenated alkanes) is 7. The van der Waals surface area contributed by atoms with Crippen LogP contribution < -0.4 is 4.74 Å². The number of para-hydroxylation sites is 1. The van der Waals surface area contributed by atoms with Crippen LogP contribution in [0.25, 0.3) is 0 Å². The summed E-state index contributed by atoms with van der Waals surface area (Å²) >= 11 is 0. The lowest BCUT2D eigenvalue weighted by atomic mass is 10.0. The van der Waals surface area contributed by atoms with Crippen molar-refractivity contribution >= 4 is 5.97 Å². The third-order valence-electron chi connectivity index (χ3n) is 5.89. The van der Waals surface area contributed by atoms with Gasteiger partial charge in [-0.15, -0.1) is 0 Å². The molecule has 0 bridgehead atoms. The van der Waals surface area contributed by atoms with Crippen LogP contribution in [0, 0.1) is 0 Å². The number of ether oxygens (including phenoxy) is 2. The lowest BCUT2D eigenvalue weighted by Crippen LogP contribution is -2.43. The molecule has 4 heteroatoms. The first-order chi connectivity index (χ1) is 16.0. The first-order valence-electron chi connectivity index (χ1n) is 12.7. The molecule has 0 saturated heterocycles. The maximum absolute atomic E-state index is 12.3. The Bertz CT molecular complexity index is 788. The molecule has 0 aliphatic rings. The molecule has 4 nitrogen and oxygen atoms in total. The van der Waals surface area contributed by atoms with Gasteiger partial charge in [-0.2, -0.15) is 0 Å². The smallest absolute Gasteiger partial charge is 0.361 e. The van der Waals surface area contributed by atoms with Crippen molar-refractivity contribution in [3.8, 4) is 5.75 Å². The number of hydrogen-bond acceptors (Lipinski definition) is 3. The molecule has 2 rings (SSSR count). The van der Waals surface area contributed by atoms with Gasteiger partial charge in [0.1, 0.15) is 25.5 Å². The summed E-state index contributed by atoms with van der Waals surface area (Å²) in [6.07, 6.45) is 11.6. The van der Waals surface area contributed by atoms with Crippen LogP contribution in [0.2, 0.25) is 0 Å². The summed E-state index contributed by atoms with van der Waals surface area (Å²) in [7, 11) is 4.10. The lowest BCUT2D eigenvalue weighted by Gasteiger charge is -2.28. The molecule has 0 amide bonds. The molecule has 0 atom stereocenters. The highest BCUT2D eigenvalue weighted by molar-refractivity contribution is 5.70. The molecular weight excluding hydrogens is 410 g/mol. The number of esters is 1. The lowest BCUT2D eigenvalue weighted by molar-refractivity contribution is -0.896. The molecule has 0 spiro atoms. The first-order valence-corrected chi connectivity index (χ1v) is 12.7. The fourth-order valence-electron chi connectivity index (χ4n) is 4.14. The quantitative estimate of drug-likeness (QED) is 0.154. The zero-order valence-electron chi connectivity index (χ0n) is 21.1. The van der Waals surface area contributed by atoms with Crippen LogP contribution in [-0.4, -0.2) is 44.3 Å². The summed E-state index contributed by atoms with van der Waals surface area (Å²) in [6.45, 7) is 4.04. The maximum atomic E-state index is 12.3. The number of nitrogens with zero attached hydrogens (tertiary/aromatic N) is 1. The van der Waals surface area contributed by atoms with Gasteiger partial charge in [0.05, 0.1) is 14.1 Å². The number of quaternary nitrogens is 1. The van der Waals surface area contributed by atoms with Gasteiger partial charge in [0.2, 0.25) is 0 Å². The molecule has 0 fully saturated rings. The Labute approximate surface area is 201 Å². The van der Waals surface area contributed by atoms with Crippen molar-refractivity contribution in [3.63, 3.8) is 0 Å². The number of carbonyl (C=O) groups is 1. The summed E-state index contributed by atoms with van der Waals surface area (Å²) in [4.78, 5) is 12.3. The molecule has 33 heavy (non-hydrogen) atoms. The van der Waals surface area contributed by atoms with Crippen molar-refractivity contribution in [2.24, 2.45) is 0 Å². The molecule has 0 aliphatic carbocycles. The molecule has 0 saturated carbocycles. The Kier molecular flexibility index (Phi) is 12.6. The van der Waals surface area contributed by atoms with Crippen LogP contribution in [0.3, 0.4) is 0 Å². The van der Waals surface area contributed by atoms with Crippen LogP contribution in [0.15, 0.2) is 54.6 Å². The van der Waals surface area contributed by atoms with Gasteiger partial charge in [-0.05, 0) is 24.5 Å². The van der Waals surface area contributed by atoms with E-state index in [2.05, 4.69) is 31.2 Å². The summed E-state index contributed by atoms with van der Waals surface area (Å²) < 4.78 is 12.0. The van der Waals surface area contributed by atoms with E-state index in [1.165, 1.54) is 62.5 Å². The molecule has 182 valence electrons. The zero-order valence-corrected chi connectivity index (χ0v) is 21.1. The standard InChI is InChI=1S/C29H44NO3/c1-4-5-6-7-8-9-10-14-19-27-20-15-16-21-28(27)32-22-23-33-29(31)25-30(2,3)24-26-17-12-11-13-18-26/h11-13,15-18,20-21H,4-10,14,19,22-25H2,1-3H3/q+1. The van der Waals surface area contributed by atoms with Gasteiger partial charge in [-0.3, -0.25) is 0 Å². The Balaban J connectivity index is 1.64. The van der Waals surface area contributed by atoms with Crippen LogP contribution in [0.1, 0.15) is 69.4 Å². The van der Waals surface area contributed by atoms with Crippen LogP contribution in [0.4, 0.5) is 0 Å². The Morgan fingerprint density at radius 2 is 1.42 bits per heavy atom. The average Bonchev–Trinajstić information content (AvgIpc) is 2.79. The van der Waals surface area contributed by atoms with E-state index in [1.54, 1.807) is 0 Å². The summed E-state index contributed by atoms with van der Waals surface area (Å²) in [5.74, 6) is 0.725. The summed E-state index contributed by atoms with van der Waals surface area (Å²) in [5.41, 5.74) is 2.46. The second-order valence-electron chi connectivity index (χ2n) is 9.64. The van der Waals surface area contributed by atoms with Gasteiger partial charge in [-0.1, -0.05) is 100 Å². The van der Waals surface area contributed by atoms with E-state index in [1.807, 2.05) is 44.4 Å². The number of aryl methyl sites for hydroxylation is 1. The molecule has 0 aromatic heterocycles. The van der Waals surface area contributed by atoms with E-state index >= 15 is 0 Å². The molecule has 0 radical (unpaired) electrons. The largest absolute Gasteiger partial charge is 0.490 e.